The predicted octanol–water partition coefficient (Wildman–Crippen LogP) is 6.65. The van der Waals surface area contributed by atoms with Crippen LogP contribution in [0.2, 0.25) is 23.2 Å². The number of azide groups is 1. The zero-order chi connectivity index (χ0) is 24.8. The van der Waals surface area contributed by atoms with Crippen LogP contribution in [-0.2, 0) is 8.85 Å². The second-order valence-electron chi connectivity index (χ2n) is 11.2. The lowest BCUT2D eigenvalue weighted by Crippen LogP contribution is -2.68. The Hall–Kier alpha value is -1.90. The summed E-state index contributed by atoms with van der Waals surface area (Å²) in [6.45, 7) is 19.0. The van der Waals surface area contributed by atoms with Crippen LogP contribution in [0.4, 0.5) is 0 Å². The first kappa shape index (κ1) is 27.3. The maximum absolute atomic E-state index is 8.86. The molecule has 0 aliphatic rings. The van der Waals surface area contributed by atoms with Gasteiger partial charge in [0.25, 0.3) is 8.32 Å². The fourth-order valence-electron chi connectivity index (χ4n) is 3.88. The van der Waals surface area contributed by atoms with E-state index in [1.54, 1.807) is 0 Å². The fraction of sp³-hybridized carbons (Fsp3) is 0.538. The van der Waals surface area contributed by atoms with Crippen LogP contribution in [0.25, 0.3) is 10.4 Å². The standard InChI is InChI=1S/C26H41N3O2Si2/c1-25(2,3)32(7,8)30-21-22(19-20-28-29-27)31-33(26(4,5)6,23-15-11-9-12-16-23)24-17-13-10-14-18-24/h9-18,22H,19-21H2,1-8H3/t22-/m0/s1. The summed E-state index contributed by atoms with van der Waals surface area (Å²) in [4.78, 5) is 2.97. The minimum absolute atomic E-state index is 0.111. The van der Waals surface area contributed by atoms with Crippen molar-refractivity contribution < 1.29 is 8.85 Å². The van der Waals surface area contributed by atoms with Gasteiger partial charge in [-0.25, -0.2) is 0 Å². The summed E-state index contributed by atoms with van der Waals surface area (Å²) in [7, 11) is -4.68. The molecule has 0 spiro atoms. The molecule has 0 aliphatic carbocycles. The summed E-state index contributed by atoms with van der Waals surface area (Å²) in [5.74, 6) is 0. The first-order chi connectivity index (χ1) is 15.3. The number of hydrogen-bond acceptors (Lipinski definition) is 3. The molecule has 5 nitrogen and oxygen atoms in total. The molecule has 0 bridgehead atoms. The average molecular weight is 484 g/mol. The number of nitrogens with zero attached hydrogens (tertiary/aromatic N) is 3. The summed E-state index contributed by atoms with van der Waals surface area (Å²) < 4.78 is 13.9. The fourth-order valence-corrected chi connectivity index (χ4v) is 9.62. The van der Waals surface area contributed by atoms with Gasteiger partial charge in [0.15, 0.2) is 8.32 Å². The summed E-state index contributed by atoms with van der Waals surface area (Å²) in [6.07, 6.45) is 0.458. The largest absolute Gasteiger partial charge is 0.414 e. The van der Waals surface area contributed by atoms with Crippen molar-refractivity contribution in [3.05, 3.63) is 71.1 Å². The van der Waals surface area contributed by atoms with Crippen LogP contribution in [0, 0.1) is 0 Å². The van der Waals surface area contributed by atoms with Crippen LogP contribution in [0.15, 0.2) is 65.8 Å². The van der Waals surface area contributed by atoms with Crippen molar-refractivity contribution in [3.63, 3.8) is 0 Å². The molecule has 0 fully saturated rings. The van der Waals surface area contributed by atoms with E-state index in [4.69, 9.17) is 14.4 Å². The van der Waals surface area contributed by atoms with Crippen LogP contribution < -0.4 is 10.4 Å². The van der Waals surface area contributed by atoms with Gasteiger partial charge >= 0.3 is 0 Å². The molecule has 0 heterocycles. The van der Waals surface area contributed by atoms with Crippen molar-refractivity contribution in [3.8, 4) is 0 Å². The van der Waals surface area contributed by atoms with Gasteiger partial charge in [0.2, 0.25) is 0 Å². The van der Waals surface area contributed by atoms with Crippen LogP contribution >= 0.6 is 0 Å². The zero-order valence-corrected chi connectivity index (χ0v) is 23.6. The molecule has 1 atom stereocenters. The average Bonchev–Trinajstić information content (AvgIpc) is 2.75. The Labute approximate surface area is 202 Å². The van der Waals surface area contributed by atoms with E-state index < -0.39 is 16.6 Å². The number of hydrogen-bond donors (Lipinski definition) is 0. The molecule has 2 rings (SSSR count). The van der Waals surface area contributed by atoms with Crippen LogP contribution in [0.1, 0.15) is 48.0 Å². The van der Waals surface area contributed by atoms with Gasteiger partial charge in [-0.2, -0.15) is 0 Å². The summed E-state index contributed by atoms with van der Waals surface area (Å²) in [6, 6.07) is 21.3. The highest BCUT2D eigenvalue weighted by molar-refractivity contribution is 6.99. The smallest absolute Gasteiger partial charge is 0.261 e. The molecule has 0 N–H and O–H groups in total. The van der Waals surface area contributed by atoms with Crippen molar-refractivity contribution in [1.82, 2.24) is 0 Å². The van der Waals surface area contributed by atoms with Crippen molar-refractivity contribution in [2.75, 3.05) is 13.2 Å². The molecule has 0 saturated carbocycles. The quantitative estimate of drug-likeness (QED) is 0.164. The molecule has 7 heteroatoms. The van der Waals surface area contributed by atoms with Gasteiger partial charge < -0.3 is 8.85 Å². The summed E-state index contributed by atoms with van der Waals surface area (Å²) in [5, 5.41) is 6.28. The maximum Gasteiger partial charge on any atom is 0.261 e. The van der Waals surface area contributed by atoms with Gasteiger partial charge in [-0.15, -0.1) is 0 Å². The predicted molar refractivity (Wildman–Crippen MR) is 144 cm³/mol. The molecule has 0 radical (unpaired) electrons. The zero-order valence-electron chi connectivity index (χ0n) is 21.6. The van der Waals surface area contributed by atoms with E-state index in [-0.39, 0.29) is 16.2 Å². The van der Waals surface area contributed by atoms with Crippen LogP contribution in [-0.4, -0.2) is 35.9 Å². The highest BCUT2D eigenvalue weighted by Crippen LogP contribution is 2.39. The molecule has 0 aliphatic heterocycles. The molecule has 2 aromatic rings. The Bertz CT molecular complexity index is 877. The van der Waals surface area contributed by atoms with Crippen molar-refractivity contribution in [2.45, 2.75) is 77.2 Å². The van der Waals surface area contributed by atoms with E-state index in [0.29, 0.717) is 19.6 Å². The topological polar surface area (TPSA) is 67.2 Å². The minimum atomic E-state index is -2.71. The Morgan fingerprint density at radius 2 is 1.33 bits per heavy atom. The van der Waals surface area contributed by atoms with Crippen molar-refractivity contribution in [1.29, 1.82) is 0 Å². The lowest BCUT2D eigenvalue weighted by Gasteiger charge is -2.46. The SMILES string of the molecule is CC(C)(C)[Si](C)(C)OC[C@H](CCN=[N+]=[N-])O[Si](c1ccccc1)(c1ccccc1)C(C)(C)C. The second-order valence-corrected chi connectivity index (χ2v) is 20.3. The van der Waals surface area contributed by atoms with Gasteiger partial charge in [-0.1, -0.05) is 107 Å². The molecule has 0 unspecified atom stereocenters. The minimum Gasteiger partial charge on any atom is -0.414 e. The van der Waals surface area contributed by atoms with Gasteiger partial charge in [0.1, 0.15) is 0 Å². The first-order valence-corrected chi connectivity index (χ1v) is 16.6. The third kappa shape index (κ3) is 6.58. The molecule has 0 saturated heterocycles. The molecule has 33 heavy (non-hydrogen) atoms. The van der Waals surface area contributed by atoms with Gasteiger partial charge in [-0.3, -0.25) is 0 Å². The van der Waals surface area contributed by atoms with Crippen LogP contribution in [0.5, 0.6) is 0 Å². The highest BCUT2D eigenvalue weighted by atomic mass is 28.4. The second kappa shape index (κ2) is 11.0. The number of rotatable bonds is 10. The summed E-state index contributed by atoms with van der Waals surface area (Å²) in [5.41, 5.74) is 8.86. The van der Waals surface area contributed by atoms with Gasteiger partial charge in [0.05, 0.1) is 12.7 Å². The maximum atomic E-state index is 8.86. The van der Waals surface area contributed by atoms with E-state index >= 15 is 0 Å². The Morgan fingerprint density at radius 1 is 0.848 bits per heavy atom. The van der Waals surface area contributed by atoms with Gasteiger partial charge in [0, 0.05) is 11.5 Å². The summed E-state index contributed by atoms with van der Waals surface area (Å²) >= 11 is 0. The third-order valence-electron chi connectivity index (χ3n) is 6.81. The Balaban J connectivity index is 2.56. The van der Waals surface area contributed by atoms with Gasteiger partial charge in [-0.05, 0) is 45.5 Å². The first-order valence-electron chi connectivity index (χ1n) is 11.8. The Morgan fingerprint density at radius 3 is 1.73 bits per heavy atom. The monoisotopic (exact) mass is 483 g/mol. The normalized spacial score (nSPS) is 13.9. The van der Waals surface area contributed by atoms with Crippen LogP contribution in [0.3, 0.4) is 0 Å². The molecule has 0 amide bonds. The van der Waals surface area contributed by atoms with E-state index in [1.165, 1.54) is 10.4 Å². The van der Waals surface area contributed by atoms with E-state index in [1.807, 2.05) is 0 Å². The van der Waals surface area contributed by atoms with Crippen molar-refractivity contribution in [2.24, 2.45) is 5.11 Å². The number of benzene rings is 2. The third-order valence-corrected chi connectivity index (χ3v) is 16.4. The lowest BCUT2D eigenvalue weighted by atomic mass is 10.2. The lowest BCUT2D eigenvalue weighted by molar-refractivity contribution is 0.106. The molecule has 180 valence electrons. The molecular formula is C26H41N3O2Si2. The Kier molecular flexibility index (Phi) is 9.13. The van der Waals surface area contributed by atoms with E-state index in [2.05, 4.69) is 125 Å². The van der Waals surface area contributed by atoms with E-state index in [0.717, 1.165) is 0 Å². The van der Waals surface area contributed by atoms with Crippen molar-refractivity contribution >= 4 is 27.0 Å². The van der Waals surface area contributed by atoms with E-state index in [9.17, 15) is 0 Å². The molecular weight excluding hydrogens is 442 g/mol. The molecule has 2 aromatic carbocycles. The highest BCUT2D eigenvalue weighted by Gasteiger charge is 2.51. The molecule has 0 aromatic heterocycles.